The number of hydrogen-bond acceptors (Lipinski definition) is 4. The van der Waals surface area contributed by atoms with Crippen LogP contribution in [0.4, 0.5) is 4.39 Å². The number of rotatable bonds is 8. The lowest BCUT2D eigenvalue weighted by atomic mass is 9.90. The van der Waals surface area contributed by atoms with Crippen LogP contribution in [-0.4, -0.2) is 32.9 Å². The number of carboxylic acids is 1. The predicted molar refractivity (Wildman–Crippen MR) is 122 cm³/mol. The summed E-state index contributed by atoms with van der Waals surface area (Å²) in [5, 5.41) is 9.60. The van der Waals surface area contributed by atoms with E-state index in [4.69, 9.17) is 10.1 Å². The molecule has 0 saturated heterocycles. The van der Waals surface area contributed by atoms with Gasteiger partial charge >= 0.3 is 5.97 Å². The lowest BCUT2D eigenvalue weighted by molar-refractivity contribution is -0.139. The number of benzene rings is 2. The number of nitrogens with zero attached hydrogens (tertiary/aromatic N) is 1. The molecule has 2 N–H and O–H groups in total. The third kappa shape index (κ3) is 5.55. The summed E-state index contributed by atoms with van der Waals surface area (Å²) in [5.41, 5.74) is 3.36. The van der Waals surface area contributed by atoms with E-state index in [1.807, 2.05) is 38.1 Å². The molecule has 0 aliphatic carbocycles. The van der Waals surface area contributed by atoms with Crippen LogP contribution in [0.25, 0.3) is 28.2 Å². The number of para-hydroxylation sites is 1. The molecule has 1 heterocycles. The van der Waals surface area contributed by atoms with Crippen molar-refractivity contribution in [1.82, 2.24) is 4.98 Å². The van der Waals surface area contributed by atoms with Crippen molar-refractivity contribution >= 4 is 36.1 Å². The van der Waals surface area contributed by atoms with E-state index in [1.54, 1.807) is 12.1 Å². The highest BCUT2D eigenvalue weighted by Crippen LogP contribution is 2.44. The van der Waals surface area contributed by atoms with Crippen molar-refractivity contribution in [1.29, 1.82) is 0 Å². The molecule has 166 valence electrons. The largest absolute Gasteiger partial charge is 0.481 e. The Kier molecular flexibility index (Phi) is 7.02. The number of carbonyl (C=O) groups is 2. The van der Waals surface area contributed by atoms with Crippen LogP contribution in [0, 0.1) is 5.82 Å². The van der Waals surface area contributed by atoms with Crippen molar-refractivity contribution in [2.24, 2.45) is 0 Å². The molecule has 8 heteroatoms. The summed E-state index contributed by atoms with van der Waals surface area (Å²) in [6, 6.07) is 13.3. The number of halogens is 1. The van der Waals surface area contributed by atoms with E-state index in [2.05, 4.69) is 0 Å². The summed E-state index contributed by atoms with van der Waals surface area (Å²) in [6.07, 6.45) is -0.115. The van der Waals surface area contributed by atoms with Crippen LogP contribution in [0.15, 0.2) is 54.3 Å². The van der Waals surface area contributed by atoms with Crippen molar-refractivity contribution in [3.8, 4) is 11.3 Å². The molecule has 1 aromatic heterocycles. The normalized spacial score (nSPS) is 13.5. The van der Waals surface area contributed by atoms with Crippen LogP contribution < -0.4 is 0 Å². The van der Waals surface area contributed by atoms with Gasteiger partial charge in [-0.25, -0.2) is 9.37 Å². The quantitative estimate of drug-likeness (QED) is 0.346. The summed E-state index contributed by atoms with van der Waals surface area (Å²) in [5.74, 6) is -1.50. The van der Waals surface area contributed by atoms with Gasteiger partial charge in [-0.05, 0) is 47.9 Å². The minimum atomic E-state index is -4.08. The van der Waals surface area contributed by atoms with Gasteiger partial charge in [0.25, 0.3) is 0 Å². The SMILES string of the molecule is CC(C)c1c(C=CP(=O)(O)CC(=O)CC(=O)O)c(-c2ccc(F)cc2)nc2ccccc12. The Hall–Kier alpha value is -3.15. The maximum Gasteiger partial charge on any atom is 0.310 e. The van der Waals surface area contributed by atoms with Crippen LogP contribution in [0.2, 0.25) is 0 Å². The van der Waals surface area contributed by atoms with Crippen molar-refractivity contribution in [3.05, 3.63) is 71.3 Å². The Bertz CT molecular complexity index is 1250. The first-order valence-corrected chi connectivity index (χ1v) is 11.9. The fraction of sp³-hybridized carbons (Fsp3) is 0.208. The molecule has 0 fully saturated rings. The van der Waals surface area contributed by atoms with E-state index in [0.717, 1.165) is 22.3 Å². The first-order valence-electron chi connectivity index (χ1n) is 10.00. The second-order valence-corrected chi connectivity index (χ2v) is 9.93. The molecule has 6 nitrogen and oxygen atoms in total. The van der Waals surface area contributed by atoms with Crippen molar-refractivity contribution < 1.29 is 28.5 Å². The minimum absolute atomic E-state index is 0.0217. The van der Waals surface area contributed by atoms with E-state index >= 15 is 0 Å². The van der Waals surface area contributed by atoms with E-state index in [-0.39, 0.29) is 5.92 Å². The lowest BCUT2D eigenvalue weighted by Crippen LogP contribution is -2.10. The van der Waals surface area contributed by atoms with E-state index in [1.165, 1.54) is 18.2 Å². The Labute approximate surface area is 184 Å². The Morgan fingerprint density at radius 1 is 1.12 bits per heavy atom. The van der Waals surface area contributed by atoms with E-state index in [9.17, 15) is 23.4 Å². The van der Waals surface area contributed by atoms with Gasteiger partial charge in [0.05, 0.1) is 17.4 Å². The first-order chi connectivity index (χ1) is 15.1. The van der Waals surface area contributed by atoms with Crippen molar-refractivity contribution in [2.75, 3.05) is 6.16 Å². The summed E-state index contributed by atoms with van der Waals surface area (Å²) >= 11 is 0. The number of Topliss-reactive ketones (excluding diaryl/α,β-unsaturated/α-hetero) is 1. The molecule has 0 amide bonds. The second kappa shape index (κ2) is 9.55. The third-order valence-electron chi connectivity index (χ3n) is 4.89. The van der Waals surface area contributed by atoms with Gasteiger partial charge in [0.2, 0.25) is 7.37 Å². The van der Waals surface area contributed by atoms with Gasteiger partial charge in [-0.15, -0.1) is 0 Å². The zero-order chi connectivity index (χ0) is 23.5. The number of hydrogen-bond donors (Lipinski definition) is 2. The molecule has 0 radical (unpaired) electrons. The number of pyridine rings is 1. The molecule has 0 spiro atoms. The van der Waals surface area contributed by atoms with Gasteiger partial charge in [-0.1, -0.05) is 32.0 Å². The van der Waals surface area contributed by atoms with Gasteiger partial charge in [0, 0.05) is 22.3 Å². The fourth-order valence-electron chi connectivity index (χ4n) is 3.59. The molecule has 0 bridgehead atoms. The number of aromatic nitrogens is 1. The molecule has 1 unspecified atom stereocenters. The van der Waals surface area contributed by atoms with Crippen molar-refractivity contribution in [2.45, 2.75) is 26.2 Å². The molecule has 0 aliphatic rings. The molecular weight excluding hydrogens is 432 g/mol. The fourth-order valence-corrected chi connectivity index (χ4v) is 4.70. The van der Waals surface area contributed by atoms with Gasteiger partial charge < -0.3 is 10.00 Å². The predicted octanol–water partition coefficient (Wildman–Crippen LogP) is 5.45. The average molecular weight is 455 g/mol. The van der Waals surface area contributed by atoms with Crippen LogP contribution in [0.5, 0.6) is 0 Å². The topological polar surface area (TPSA) is 105 Å². The zero-order valence-electron chi connectivity index (χ0n) is 17.7. The van der Waals surface area contributed by atoms with Gasteiger partial charge in [-0.2, -0.15) is 0 Å². The summed E-state index contributed by atoms with van der Waals surface area (Å²) in [4.78, 5) is 37.5. The first kappa shape index (κ1) is 23.5. The highest BCUT2D eigenvalue weighted by Gasteiger charge is 2.23. The second-order valence-electron chi connectivity index (χ2n) is 7.81. The van der Waals surface area contributed by atoms with Gasteiger partial charge in [-0.3, -0.25) is 14.2 Å². The number of fused-ring (bicyclic) bond motifs is 1. The number of ketones is 1. The van der Waals surface area contributed by atoms with Crippen LogP contribution >= 0.6 is 7.37 Å². The average Bonchev–Trinajstić information content (AvgIpc) is 2.70. The molecule has 0 aliphatic heterocycles. The number of carboxylic acid groups (broad SMARTS) is 1. The molecule has 3 rings (SSSR count). The Morgan fingerprint density at radius 2 is 1.78 bits per heavy atom. The van der Waals surface area contributed by atoms with E-state index in [0.29, 0.717) is 16.8 Å². The summed E-state index contributed by atoms with van der Waals surface area (Å²) in [7, 11) is -4.08. The zero-order valence-corrected chi connectivity index (χ0v) is 18.6. The highest BCUT2D eigenvalue weighted by atomic mass is 31.2. The minimum Gasteiger partial charge on any atom is -0.481 e. The molecular formula is C24H23FNO5P. The third-order valence-corrected chi connectivity index (χ3v) is 6.31. The highest BCUT2D eigenvalue weighted by molar-refractivity contribution is 7.62. The molecule has 32 heavy (non-hydrogen) atoms. The van der Waals surface area contributed by atoms with Crippen LogP contribution in [-0.2, 0) is 14.2 Å². The summed E-state index contributed by atoms with van der Waals surface area (Å²) < 4.78 is 26.1. The lowest BCUT2D eigenvalue weighted by Gasteiger charge is -2.18. The smallest absolute Gasteiger partial charge is 0.310 e. The van der Waals surface area contributed by atoms with E-state index < -0.39 is 37.5 Å². The van der Waals surface area contributed by atoms with Gasteiger partial charge in [0.15, 0.2) is 5.78 Å². The molecule has 2 aromatic carbocycles. The summed E-state index contributed by atoms with van der Waals surface area (Å²) in [6.45, 7) is 3.98. The molecule has 3 aromatic rings. The van der Waals surface area contributed by atoms with Gasteiger partial charge in [0.1, 0.15) is 12.2 Å². The Morgan fingerprint density at radius 3 is 2.41 bits per heavy atom. The molecule has 1 atom stereocenters. The maximum absolute atomic E-state index is 13.5. The maximum atomic E-state index is 13.5. The van der Waals surface area contributed by atoms with Crippen LogP contribution in [0.3, 0.4) is 0 Å². The van der Waals surface area contributed by atoms with Crippen molar-refractivity contribution in [3.63, 3.8) is 0 Å². The van der Waals surface area contributed by atoms with Crippen LogP contribution in [0.1, 0.15) is 37.3 Å². The number of aliphatic carboxylic acids is 1. The Balaban J connectivity index is 2.18. The number of carbonyl (C=O) groups excluding carboxylic acids is 1. The standard InChI is InChI=1S/C24H23FNO5P/c1-15(2)23-19-5-3-4-6-21(19)26-24(16-7-9-17(25)10-8-16)20(23)11-12-32(30,31)14-18(27)13-22(28)29/h3-12,15H,13-14H2,1-2H3,(H,28,29)(H,30,31). The molecule has 0 saturated carbocycles. The monoisotopic (exact) mass is 455 g/mol.